The third-order valence-electron chi connectivity index (χ3n) is 4.54. The van der Waals surface area contributed by atoms with Gasteiger partial charge in [-0.1, -0.05) is 22.8 Å². The fourth-order valence-corrected chi connectivity index (χ4v) is 3.31. The number of carbonyl (C=O) groups is 1. The van der Waals surface area contributed by atoms with Crippen LogP contribution in [-0.4, -0.2) is 25.3 Å². The molecule has 3 aromatic rings. The van der Waals surface area contributed by atoms with Crippen LogP contribution in [0, 0.1) is 12.7 Å². The zero-order chi connectivity index (χ0) is 21.1. The normalized spacial score (nSPS) is 11.8. The highest BCUT2D eigenvalue weighted by Gasteiger charge is 2.27. The van der Waals surface area contributed by atoms with Crippen LogP contribution in [0.25, 0.3) is 11.3 Å². The molecule has 0 aliphatic carbocycles. The second-order valence-corrected chi connectivity index (χ2v) is 6.77. The van der Waals surface area contributed by atoms with Crippen molar-refractivity contribution in [1.82, 2.24) is 10.5 Å². The topological polar surface area (TPSA) is 73.6 Å². The van der Waals surface area contributed by atoms with Crippen molar-refractivity contribution in [1.29, 1.82) is 0 Å². The van der Waals surface area contributed by atoms with Crippen LogP contribution in [0.4, 0.5) is 4.39 Å². The number of aryl methyl sites for hydroxylation is 1. The Morgan fingerprint density at radius 3 is 2.66 bits per heavy atom. The summed E-state index contributed by atoms with van der Waals surface area (Å²) < 4.78 is 30.2. The number of hydrogen-bond acceptors (Lipinski definition) is 5. The van der Waals surface area contributed by atoms with E-state index in [0.717, 1.165) is 5.56 Å². The molecule has 1 heterocycles. The van der Waals surface area contributed by atoms with Gasteiger partial charge in [-0.15, -0.1) is 0 Å². The van der Waals surface area contributed by atoms with E-state index in [9.17, 15) is 9.18 Å². The number of hydrogen-bond donors (Lipinski definition) is 1. The number of nitrogens with zero attached hydrogens (tertiary/aromatic N) is 1. The summed E-state index contributed by atoms with van der Waals surface area (Å²) in [6, 6.07) is 9.10. The lowest BCUT2D eigenvalue weighted by molar-refractivity contribution is 0.0938. The third kappa shape index (κ3) is 4.05. The van der Waals surface area contributed by atoms with Crippen LogP contribution in [-0.2, 0) is 0 Å². The average Bonchev–Trinajstić information content (AvgIpc) is 3.08. The second kappa shape index (κ2) is 8.53. The zero-order valence-corrected chi connectivity index (χ0v) is 17.1. The average molecular weight is 419 g/mol. The monoisotopic (exact) mass is 418 g/mol. The van der Waals surface area contributed by atoms with Crippen molar-refractivity contribution < 1.29 is 23.2 Å². The van der Waals surface area contributed by atoms with Crippen molar-refractivity contribution in [2.75, 3.05) is 14.2 Å². The molecule has 1 atom stereocenters. The summed E-state index contributed by atoms with van der Waals surface area (Å²) in [6.45, 7) is 3.38. The molecule has 8 heteroatoms. The molecule has 0 fully saturated rings. The van der Waals surface area contributed by atoms with Gasteiger partial charge in [0.2, 0.25) is 0 Å². The van der Waals surface area contributed by atoms with Crippen molar-refractivity contribution in [2.24, 2.45) is 0 Å². The minimum atomic E-state index is -0.595. The van der Waals surface area contributed by atoms with E-state index in [4.69, 9.17) is 25.6 Å². The zero-order valence-electron chi connectivity index (χ0n) is 16.4. The summed E-state index contributed by atoms with van der Waals surface area (Å²) in [7, 11) is 3.10. The molecular formula is C21H20ClFN2O4. The first-order valence-corrected chi connectivity index (χ1v) is 9.18. The Morgan fingerprint density at radius 2 is 2.00 bits per heavy atom. The molecule has 2 aromatic carbocycles. The maximum Gasteiger partial charge on any atom is 0.257 e. The number of ether oxygens (including phenoxy) is 2. The molecule has 1 N–H and O–H groups in total. The van der Waals surface area contributed by atoms with Gasteiger partial charge in [0.25, 0.3) is 5.91 Å². The van der Waals surface area contributed by atoms with Crippen molar-refractivity contribution in [2.45, 2.75) is 19.9 Å². The van der Waals surface area contributed by atoms with E-state index < -0.39 is 17.8 Å². The molecule has 0 radical (unpaired) electrons. The highest BCUT2D eigenvalue weighted by Crippen LogP contribution is 2.34. The predicted molar refractivity (Wildman–Crippen MR) is 107 cm³/mol. The molecule has 0 aliphatic heterocycles. The third-order valence-corrected chi connectivity index (χ3v) is 4.86. The fraction of sp³-hybridized carbons (Fsp3) is 0.238. The van der Waals surface area contributed by atoms with Gasteiger partial charge in [-0.25, -0.2) is 4.39 Å². The number of aromatic nitrogens is 1. The van der Waals surface area contributed by atoms with Crippen molar-refractivity contribution in [3.63, 3.8) is 0 Å². The number of halogens is 2. The standard InChI is InChI=1S/C21H20ClFN2O4/c1-11(14-10-13(27-3)8-9-17(14)28-4)24-21(26)18-12(2)29-25-20(18)19-15(22)6-5-7-16(19)23/h5-11H,1-4H3,(H,24,26). The quantitative estimate of drug-likeness (QED) is 0.613. The smallest absolute Gasteiger partial charge is 0.257 e. The molecule has 1 aromatic heterocycles. The fourth-order valence-electron chi connectivity index (χ4n) is 3.06. The molecule has 0 aliphatic rings. The van der Waals surface area contributed by atoms with Gasteiger partial charge in [0.15, 0.2) is 0 Å². The first kappa shape index (κ1) is 20.7. The van der Waals surface area contributed by atoms with E-state index in [2.05, 4.69) is 10.5 Å². The van der Waals surface area contributed by atoms with E-state index in [0.29, 0.717) is 11.5 Å². The molecule has 0 saturated heterocycles. The molecule has 0 bridgehead atoms. The predicted octanol–water partition coefficient (Wildman–Crippen LogP) is 4.95. The van der Waals surface area contributed by atoms with Crippen molar-refractivity contribution >= 4 is 17.5 Å². The molecular weight excluding hydrogens is 399 g/mol. The van der Waals surface area contributed by atoms with Crippen LogP contribution >= 0.6 is 11.6 Å². The first-order chi connectivity index (χ1) is 13.9. The molecule has 152 valence electrons. The maximum absolute atomic E-state index is 14.4. The Labute approximate surface area is 172 Å². The summed E-state index contributed by atoms with van der Waals surface area (Å²) in [5.74, 6) is 0.402. The number of nitrogens with one attached hydrogen (secondary N) is 1. The summed E-state index contributed by atoms with van der Waals surface area (Å²) in [4.78, 5) is 13.0. The van der Waals surface area contributed by atoms with Crippen LogP contribution < -0.4 is 14.8 Å². The summed E-state index contributed by atoms with van der Waals surface area (Å²) >= 11 is 6.14. The summed E-state index contributed by atoms with van der Waals surface area (Å²) in [6.07, 6.45) is 0. The van der Waals surface area contributed by atoms with Gasteiger partial charge >= 0.3 is 0 Å². The minimum absolute atomic E-state index is 0.0165. The SMILES string of the molecule is COc1ccc(OC)c(C(C)NC(=O)c2c(-c3c(F)cccc3Cl)noc2C)c1. The van der Waals surface area contributed by atoms with Gasteiger partial charge < -0.3 is 19.3 Å². The van der Waals surface area contributed by atoms with Crippen LogP contribution in [0.5, 0.6) is 11.5 Å². The lowest BCUT2D eigenvalue weighted by Gasteiger charge is -2.18. The van der Waals surface area contributed by atoms with Crippen LogP contribution in [0.15, 0.2) is 40.9 Å². The van der Waals surface area contributed by atoms with E-state index >= 15 is 0 Å². The van der Waals surface area contributed by atoms with Crippen LogP contribution in [0.2, 0.25) is 5.02 Å². The number of rotatable bonds is 6. The first-order valence-electron chi connectivity index (χ1n) is 8.80. The van der Waals surface area contributed by atoms with Gasteiger partial charge in [-0.05, 0) is 44.2 Å². The van der Waals surface area contributed by atoms with Crippen LogP contribution in [0.1, 0.15) is 34.6 Å². The Bertz CT molecular complexity index is 1030. The van der Waals surface area contributed by atoms with Gasteiger partial charge in [-0.3, -0.25) is 4.79 Å². The number of carbonyl (C=O) groups excluding carboxylic acids is 1. The number of amides is 1. The second-order valence-electron chi connectivity index (χ2n) is 6.36. The van der Waals surface area contributed by atoms with Gasteiger partial charge in [0.05, 0.1) is 30.8 Å². The van der Waals surface area contributed by atoms with Crippen molar-refractivity contribution in [3.8, 4) is 22.8 Å². The highest BCUT2D eigenvalue weighted by molar-refractivity contribution is 6.33. The molecule has 1 amide bonds. The number of benzene rings is 2. The van der Waals surface area contributed by atoms with Gasteiger partial charge in [0, 0.05) is 5.56 Å². The molecule has 1 unspecified atom stereocenters. The molecule has 6 nitrogen and oxygen atoms in total. The van der Waals surface area contributed by atoms with Gasteiger partial charge in [-0.2, -0.15) is 0 Å². The van der Waals surface area contributed by atoms with E-state index in [1.54, 1.807) is 46.3 Å². The van der Waals surface area contributed by atoms with Crippen molar-refractivity contribution in [3.05, 3.63) is 64.1 Å². The molecule has 3 rings (SSSR count). The Balaban J connectivity index is 1.96. The largest absolute Gasteiger partial charge is 0.497 e. The Morgan fingerprint density at radius 1 is 1.24 bits per heavy atom. The highest BCUT2D eigenvalue weighted by atomic mass is 35.5. The molecule has 0 spiro atoms. The lowest BCUT2D eigenvalue weighted by atomic mass is 10.0. The van der Waals surface area contributed by atoms with E-state index in [-0.39, 0.29) is 27.6 Å². The Kier molecular flexibility index (Phi) is 6.08. The van der Waals surface area contributed by atoms with Gasteiger partial charge in [0.1, 0.15) is 34.3 Å². The molecule has 29 heavy (non-hydrogen) atoms. The summed E-state index contributed by atoms with van der Waals surface area (Å²) in [5, 5.41) is 6.87. The lowest BCUT2D eigenvalue weighted by Crippen LogP contribution is -2.27. The minimum Gasteiger partial charge on any atom is -0.497 e. The number of methoxy groups -OCH3 is 2. The Hall–Kier alpha value is -3.06. The van der Waals surface area contributed by atoms with Crippen LogP contribution in [0.3, 0.4) is 0 Å². The summed E-state index contributed by atoms with van der Waals surface area (Å²) in [5.41, 5.74) is 0.904. The van der Waals surface area contributed by atoms with E-state index in [1.165, 1.54) is 18.2 Å². The van der Waals surface area contributed by atoms with E-state index in [1.807, 2.05) is 0 Å². The maximum atomic E-state index is 14.4. The molecule has 0 saturated carbocycles.